The molecule has 8 heteroatoms. The normalized spacial score (nSPS) is 22.9. The number of amides is 1. The third-order valence-corrected chi connectivity index (χ3v) is 6.95. The van der Waals surface area contributed by atoms with E-state index in [2.05, 4.69) is 6.07 Å². The largest absolute Gasteiger partial charge is 0.502 e. The molecule has 0 spiro atoms. The molecule has 0 aliphatic carbocycles. The van der Waals surface area contributed by atoms with E-state index in [0.29, 0.717) is 21.7 Å². The molecule has 0 saturated carbocycles. The van der Waals surface area contributed by atoms with Crippen LogP contribution in [0.3, 0.4) is 0 Å². The minimum absolute atomic E-state index is 0.00178. The van der Waals surface area contributed by atoms with Crippen molar-refractivity contribution >= 4 is 17.7 Å². The molecule has 0 aromatic heterocycles. The Balaban J connectivity index is 1.82. The molecule has 1 fully saturated rings. The zero-order valence-corrected chi connectivity index (χ0v) is 18.2. The van der Waals surface area contributed by atoms with Gasteiger partial charge >= 0.3 is 0 Å². The molecule has 160 valence electrons. The zero-order chi connectivity index (χ0) is 22.3. The van der Waals surface area contributed by atoms with Crippen LogP contribution in [0.1, 0.15) is 29.0 Å². The number of phenols is 1. The number of aliphatic hydroxyl groups is 1. The summed E-state index contributed by atoms with van der Waals surface area (Å²) in [4.78, 5) is 14.6. The summed E-state index contributed by atoms with van der Waals surface area (Å²) in [6.45, 7) is 1.95. The summed E-state index contributed by atoms with van der Waals surface area (Å²) in [5.74, 6) is -0.341. The number of hydrogen-bond donors (Lipinski definition) is 2. The molecule has 2 aromatic rings. The highest BCUT2D eigenvalue weighted by Gasteiger charge is 2.51. The Morgan fingerprint density at radius 3 is 2.35 bits per heavy atom. The second-order valence-corrected chi connectivity index (χ2v) is 8.53. The van der Waals surface area contributed by atoms with Crippen LogP contribution in [0.2, 0.25) is 0 Å². The lowest BCUT2D eigenvalue weighted by atomic mass is 9.85. The van der Waals surface area contributed by atoms with Crippen molar-refractivity contribution < 1.29 is 24.5 Å². The van der Waals surface area contributed by atoms with E-state index in [-0.39, 0.29) is 35.3 Å². The summed E-state index contributed by atoms with van der Waals surface area (Å²) in [7, 11) is 2.84. The van der Waals surface area contributed by atoms with Crippen LogP contribution in [0.15, 0.2) is 47.0 Å². The van der Waals surface area contributed by atoms with Crippen LogP contribution in [0.25, 0.3) is 0 Å². The highest BCUT2D eigenvalue weighted by molar-refractivity contribution is 8.03. The first-order valence-corrected chi connectivity index (χ1v) is 10.7. The van der Waals surface area contributed by atoms with Crippen LogP contribution in [0, 0.1) is 18.3 Å². The number of nitriles is 1. The number of rotatable bonds is 4. The SMILES string of the molecule is COc1cc([C@@H]2CC(=O)N3C(=C2C#N)SC[C@]3(O)c2ccc(C)cc2)cc(OC)c1O. The van der Waals surface area contributed by atoms with Gasteiger partial charge < -0.3 is 19.7 Å². The first-order valence-electron chi connectivity index (χ1n) is 9.68. The Morgan fingerprint density at radius 2 is 1.81 bits per heavy atom. The molecule has 0 radical (unpaired) electrons. The number of methoxy groups -OCH3 is 2. The zero-order valence-electron chi connectivity index (χ0n) is 17.4. The van der Waals surface area contributed by atoms with E-state index in [9.17, 15) is 20.3 Å². The molecular formula is C23H22N2O5S. The van der Waals surface area contributed by atoms with Gasteiger partial charge in [-0.05, 0) is 24.6 Å². The number of aryl methyl sites for hydroxylation is 1. The first-order chi connectivity index (χ1) is 14.8. The van der Waals surface area contributed by atoms with Gasteiger partial charge in [0.2, 0.25) is 11.7 Å². The quantitative estimate of drug-likeness (QED) is 0.754. The topological polar surface area (TPSA) is 103 Å². The van der Waals surface area contributed by atoms with Crippen molar-refractivity contribution in [2.75, 3.05) is 20.0 Å². The summed E-state index contributed by atoms with van der Waals surface area (Å²) in [6.07, 6.45) is -0.00178. The fraction of sp³-hybridized carbons (Fsp3) is 0.304. The van der Waals surface area contributed by atoms with Gasteiger partial charge in [0.05, 0.1) is 36.6 Å². The van der Waals surface area contributed by atoms with Crippen LogP contribution in [-0.2, 0) is 10.5 Å². The van der Waals surface area contributed by atoms with E-state index in [1.54, 1.807) is 24.3 Å². The van der Waals surface area contributed by atoms with Gasteiger partial charge in [0.25, 0.3) is 0 Å². The predicted octanol–water partition coefficient (Wildman–Crippen LogP) is 3.36. The summed E-state index contributed by atoms with van der Waals surface area (Å²) < 4.78 is 10.5. The van der Waals surface area contributed by atoms with E-state index in [0.717, 1.165) is 5.56 Å². The monoisotopic (exact) mass is 438 g/mol. The van der Waals surface area contributed by atoms with Gasteiger partial charge in [-0.1, -0.05) is 29.8 Å². The number of aromatic hydroxyl groups is 1. The summed E-state index contributed by atoms with van der Waals surface area (Å²) in [5, 5.41) is 32.1. The fourth-order valence-corrected chi connectivity index (χ4v) is 5.42. The van der Waals surface area contributed by atoms with E-state index >= 15 is 0 Å². The number of fused-ring (bicyclic) bond motifs is 1. The van der Waals surface area contributed by atoms with Crippen LogP contribution in [0.4, 0.5) is 0 Å². The van der Waals surface area contributed by atoms with E-state index in [1.165, 1.54) is 30.9 Å². The number of nitrogens with zero attached hydrogens (tertiary/aromatic N) is 2. The van der Waals surface area contributed by atoms with Gasteiger partial charge in [0, 0.05) is 17.9 Å². The maximum absolute atomic E-state index is 13.2. The highest BCUT2D eigenvalue weighted by atomic mass is 32.2. The van der Waals surface area contributed by atoms with Gasteiger partial charge in [-0.2, -0.15) is 5.26 Å². The number of phenolic OH excluding ortho intramolecular Hbond substituents is 1. The van der Waals surface area contributed by atoms with E-state index in [1.807, 2.05) is 19.1 Å². The molecule has 1 amide bonds. The Morgan fingerprint density at radius 1 is 1.19 bits per heavy atom. The molecule has 2 atom stereocenters. The Kier molecular flexibility index (Phi) is 5.33. The summed E-state index contributed by atoms with van der Waals surface area (Å²) in [6, 6.07) is 12.8. The van der Waals surface area contributed by atoms with Crippen LogP contribution in [-0.4, -0.2) is 41.0 Å². The van der Waals surface area contributed by atoms with Gasteiger partial charge in [-0.15, -0.1) is 11.8 Å². The average Bonchev–Trinajstić information content (AvgIpc) is 3.13. The molecule has 2 aliphatic rings. The van der Waals surface area contributed by atoms with Gasteiger partial charge in [0.15, 0.2) is 17.2 Å². The van der Waals surface area contributed by atoms with Crippen molar-refractivity contribution in [2.45, 2.75) is 25.0 Å². The number of ether oxygens (including phenoxy) is 2. The van der Waals surface area contributed by atoms with Crippen LogP contribution >= 0.6 is 11.8 Å². The lowest BCUT2D eigenvalue weighted by Gasteiger charge is -2.38. The second-order valence-electron chi connectivity index (χ2n) is 7.56. The molecule has 7 nitrogen and oxygen atoms in total. The van der Waals surface area contributed by atoms with Crippen molar-refractivity contribution in [2.24, 2.45) is 0 Å². The number of hydrogen-bond acceptors (Lipinski definition) is 7. The lowest BCUT2D eigenvalue weighted by Crippen LogP contribution is -2.48. The average molecular weight is 439 g/mol. The minimum Gasteiger partial charge on any atom is -0.502 e. The molecule has 0 bridgehead atoms. The molecule has 31 heavy (non-hydrogen) atoms. The van der Waals surface area contributed by atoms with E-state index < -0.39 is 11.6 Å². The number of allylic oxidation sites excluding steroid dienone is 1. The van der Waals surface area contributed by atoms with Crippen molar-refractivity contribution in [3.8, 4) is 23.3 Å². The van der Waals surface area contributed by atoms with Gasteiger partial charge in [-0.25, -0.2) is 0 Å². The maximum Gasteiger partial charge on any atom is 0.231 e. The smallest absolute Gasteiger partial charge is 0.231 e. The van der Waals surface area contributed by atoms with Crippen molar-refractivity contribution in [1.82, 2.24) is 4.90 Å². The van der Waals surface area contributed by atoms with Crippen LogP contribution in [0.5, 0.6) is 17.2 Å². The molecule has 2 aliphatic heterocycles. The molecular weight excluding hydrogens is 416 g/mol. The minimum atomic E-state index is -1.51. The molecule has 2 heterocycles. The fourth-order valence-electron chi connectivity index (χ4n) is 4.06. The summed E-state index contributed by atoms with van der Waals surface area (Å²) in [5.41, 5.74) is 1.16. The first kappa shape index (κ1) is 21.1. The molecule has 2 N–H and O–H groups in total. The molecule has 1 saturated heterocycles. The maximum atomic E-state index is 13.2. The number of benzene rings is 2. The Labute approximate surface area is 184 Å². The third kappa shape index (κ3) is 3.30. The van der Waals surface area contributed by atoms with Gasteiger partial charge in [0.1, 0.15) is 0 Å². The highest BCUT2D eigenvalue weighted by Crippen LogP contribution is 2.52. The van der Waals surface area contributed by atoms with Gasteiger partial charge in [-0.3, -0.25) is 9.69 Å². The van der Waals surface area contributed by atoms with Crippen molar-refractivity contribution in [3.05, 3.63) is 63.7 Å². The second kappa shape index (κ2) is 7.84. The third-order valence-electron chi connectivity index (χ3n) is 5.73. The molecule has 0 unspecified atom stereocenters. The number of carbonyl (C=O) groups excluding carboxylic acids is 1. The van der Waals surface area contributed by atoms with Crippen LogP contribution < -0.4 is 9.47 Å². The molecule has 4 rings (SSSR count). The standard InChI is InChI=1S/C23H22N2O5S/c1-13-4-6-15(7-5-13)23(28)12-31-22-17(11-24)16(10-20(26)25(22)23)14-8-18(29-2)21(27)19(9-14)30-3/h4-9,16,27-28H,10,12H2,1-3H3/t16-,23-/m0/s1. The molecule has 2 aromatic carbocycles. The number of carbonyl (C=O) groups is 1. The Bertz CT molecular complexity index is 1100. The predicted molar refractivity (Wildman–Crippen MR) is 116 cm³/mol. The van der Waals surface area contributed by atoms with Crippen molar-refractivity contribution in [3.63, 3.8) is 0 Å². The number of thioether (sulfide) groups is 1. The van der Waals surface area contributed by atoms with E-state index in [4.69, 9.17) is 9.47 Å². The lowest BCUT2D eigenvalue weighted by molar-refractivity contribution is -0.149. The van der Waals surface area contributed by atoms with Crippen molar-refractivity contribution in [1.29, 1.82) is 5.26 Å². The Hall–Kier alpha value is -3.15. The summed E-state index contributed by atoms with van der Waals surface area (Å²) >= 11 is 1.29.